The van der Waals surface area contributed by atoms with E-state index < -0.39 is 18.0 Å². The lowest BCUT2D eigenvalue weighted by Gasteiger charge is -2.40. The van der Waals surface area contributed by atoms with Gasteiger partial charge in [0.1, 0.15) is 12.7 Å². The molecule has 0 unspecified atom stereocenters. The molecule has 0 saturated heterocycles. The summed E-state index contributed by atoms with van der Waals surface area (Å²) >= 11 is 0. The quantitative estimate of drug-likeness (QED) is 0.632. The molecule has 10 nitrogen and oxygen atoms in total. The number of hydrogen-bond acceptors (Lipinski definition) is 7. The van der Waals surface area contributed by atoms with Crippen molar-refractivity contribution in [1.29, 1.82) is 0 Å². The van der Waals surface area contributed by atoms with Crippen LogP contribution in [-0.4, -0.2) is 63.0 Å². The average molecular weight is 453 g/mol. The molecule has 3 amide bonds. The van der Waals surface area contributed by atoms with Crippen LogP contribution in [0.4, 0.5) is 5.69 Å². The Morgan fingerprint density at radius 1 is 1.00 bits per heavy atom. The zero-order valence-corrected chi connectivity index (χ0v) is 18.4. The van der Waals surface area contributed by atoms with Crippen molar-refractivity contribution in [2.24, 2.45) is 0 Å². The molecule has 0 bridgehead atoms. The summed E-state index contributed by atoms with van der Waals surface area (Å²) in [6.07, 6.45) is -0.811. The predicted octanol–water partition coefficient (Wildman–Crippen LogP) is 1.50. The van der Waals surface area contributed by atoms with Gasteiger partial charge >= 0.3 is 5.97 Å². The van der Waals surface area contributed by atoms with Crippen molar-refractivity contribution in [3.05, 3.63) is 53.1 Å². The first-order chi connectivity index (χ1) is 15.9. The third kappa shape index (κ3) is 3.63. The maximum atomic E-state index is 13.6. The fourth-order valence-electron chi connectivity index (χ4n) is 4.20. The van der Waals surface area contributed by atoms with Gasteiger partial charge in [-0.25, -0.2) is 0 Å². The van der Waals surface area contributed by atoms with Crippen LogP contribution in [0.15, 0.2) is 36.4 Å². The molecule has 4 rings (SSSR count). The Hall–Kier alpha value is -4.08. The number of carbonyl (C=O) groups excluding carboxylic acids is 4. The molecule has 33 heavy (non-hydrogen) atoms. The molecule has 2 heterocycles. The van der Waals surface area contributed by atoms with E-state index in [2.05, 4.69) is 10.1 Å². The summed E-state index contributed by atoms with van der Waals surface area (Å²) in [5.41, 5.74) is 1.74. The molecule has 0 spiro atoms. The molecule has 0 saturated carbocycles. The van der Waals surface area contributed by atoms with Crippen molar-refractivity contribution >= 4 is 29.4 Å². The van der Waals surface area contributed by atoms with Gasteiger partial charge in [-0.1, -0.05) is 18.2 Å². The van der Waals surface area contributed by atoms with Crippen LogP contribution < -0.4 is 19.7 Å². The first kappa shape index (κ1) is 22.1. The van der Waals surface area contributed by atoms with Gasteiger partial charge in [-0.3, -0.25) is 24.1 Å². The maximum Gasteiger partial charge on any atom is 0.325 e. The van der Waals surface area contributed by atoms with E-state index in [0.717, 1.165) is 0 Å². The summed E-state index contributed by atoms with van der Waals surface area (Å²) in [4.78, 5) is 53.5. The van der Waals surface area contributed by atoms with E-state index in [-0.39, 0.29) is 37.1 Å². The van der Waals surface area contributed by atoms with Gasteiger partial charge in [0.15, 0.2) is 11.5 Å². The van der Waals surface area contributed by atoms with Crippen molar-refractivity contribution in [1.82, 2.24) is 10.2 Å². The van der Waals surface area contributed by atoms with Crippen LogP contribution in [0.1, 0.15) is 38.9 Å². The monoisotopic (exact) mass is 453 g/mol. The van der Waals surface area contributed by atoms with Crippen molar-refractivity contribution < 1.29 is 33.4 Å². The minimum absolute atomic E-state index is 0.0302. The lowest BCUT2D eigenvalue weighted by atomic mass is 10.0. The molecule has 2 aromatic rings. The van der Waals surface area contributed by atoms with Crippen LogP contribution in [0.25, 0.3) is 0 Å². The van der Waals surface area contributed by atoms with Crippen molar-refractivity contribution in [3.8, 4) is 11.5 Å². The second-order valence-corrected chi connectivity index (χ2v) is 7.43. The molecule has 2 aliphatic rings. The summed E-state index contributed by atoms with van der Waals surface area (Å²) in [7, 11) is 4.16. The second kappa shape index (κ2) is 8.81. The van der Waals surface area contributed by atoms with E-state index >= 15 is 0 Å². The lowest BCUT2D eigenvalue weighted by molar-refractivity contribution is -0.141. The first-order valence-corrected chi connectivity index (χ1v) is 10.2. The predicted molar refractivity (Wildman–Crippen MR) is 116 cm³/mol. The van der Waals surface area contributed by atoms with Gasteiger partial charge in [-0.05, 0) is 18.2 Å². The molecule has 2 aromatic carbocycles. The van der Waals surface area contributed by atoms with Crippen LogP contribution in [0.2, 0.25) is 0 Å². The second-order valence-electron chi connectivity index (χ2n) is 7.43. The van der Waals surface area contributed by atoms with E-state index in [9.17, 15) is 19.2 Å². The minimum atomic E-state index is -0.747. The molecule has 1 N–H and O–H groups in total. The fraction of sp³-hybridized carbons (Fsp3) is 0.304. The van der Waals surface area contributed by atoms with E-state index in [4.69, 9.17) is 9.47 Å². The number of para-hydroxylation sites is 1. The van der Waals surface area contributed by atoms with Crippen LogP contribution in [0.3, 0.4) is 0 Å². The molecule has 172 valence electrons. The van der Waals surface area contributed by atoms with E-state index in [0.29, 0.717) is 28.1 Å². The van der Waals surface area contributed by atoms with Gasteiger partial charge in [-0.15, -0.1) is 0 Å². The molecular weight excluding hydrogens is 430 g/mol. The number of nitrogens with zero attached hydrogens (tertiary/aromatic N) is 2. The zero-order chi connectivity index (χ0) is 23.7. The number of anilines is 1. The summed E-state index contributed by atoms with van der Waals surface area (Å²) in [5.74, 6) is -0.939. The standard InChI is InChI=1S/C23H23N3O7/c1-31-16-9-8-14-19(20(16)33-3)23(30)26-15-7-5-4-6-13(15)22(29)25(21(14)26)11-10-17(27)24-12-18(28)32-2/h4-9,21H,10-12H2,1-3H3,(H,24,27)/t21-/m0/s1. The summed E-state index contributed by atoms with van der Waals surface area (Å²) in [6.45, 7) is -0.234. The Labute approximate surface area is 190 Å². The molecular formula is C23H23N3O7. The Balaban J connectivity index is 1.72. The van der Waals surface area contributed by atoms with E-state index in [1.165, 1.54) is 31.1 Å². The molecule has 10 heteroatoms. The van der Waals surface area contributed by atoms with Gasteiger partial charge in [0, 0.05) is 18.5 Å². The molecule has 0 fully saturated rings. The zero-order valence-electron chi connectivity index (χ0n) is 18.4. The van der Waals surface area contributed by atoms with Gasteiger partial charge < -0.3 is 24.4 Å². The molecule has 1 atom stereocenters. The van der Waals surface area contributed by atoms with Gasteiger partial charge in [0.05, 0.1) is 38.1 Å². The Morgan fingerprint density at radius 3 is 2.45 bits per heavy atom. The molecule has 0 aliphatic carbocycles. The summed E-state index contributed by atoms with van der Waals surface area (Å²) in [5, 5.41) is 2.46. The lowest BCUT2D eigenvalue weighted by Crippen LogP contribution is -2.49. The normalized spacial score (nSPS) is 16.0. The van der Waals surface area contributed by atoms with E-state index in [1.807, 2.05) is 0 Å². The third-order valence-corrected chi connectivity index (χ3v) is 5.72. The van der Waals surface area contributed by atoms with Crippen molar-refractivity contribution in [2.75, 3.05) is 39.3 Å². The van der Waals surface area contributed by atoms with Crippen LogP contribution in [0.5, 0.6) is 11.5 Å². The first-order valence-electron chi connectivity index (χ1n) is 10.2. The fourth-order valence-corrected chi connectivity index (χ4v) is 4.20. The number of esters is 1. The average Bonchev–Trinajstić information content (AvgIpc) is 3.14. The smallest absolute Gasteiger partial charge is 0.325 e. The van der Waals surface area contributed by atoms with Crippen molar-refractivity contribution in [3.63, 3.8) is 0 Å². The van der Waals surface area contributed by atoms with Gasteiger partial charge in [0.25, 0.3) is 11.8 Å². The highest BCUT2D eigenvalue weighted by Crippen LogP contribution is 2.49. The number of carbonyl (C=O) groups is 4. The SMILES string of the molecule is COC(=O)CNC(=O)CCN1C(=O)c2ccccc2N2C(=O)c3c(ccc(OC)c3OC)[C@@H]12. The van der Waals surface area contributed by atoms with Crippen LogP contribution in [0, 0.1) is 0 Å². The van der Waals surface area contributed by atoms with Gasteiger partial charge in [0.2, 0.25) is 5.91 Å². The number of methoxy groups -OCH3 is 3. The van der Waals surface area contributed by atoms with E-state index in [1.54, 1.807) is 36.4 Å². The number of fused-ring (bicyclic) bond motifs is 5. The number of ether oxygens (including phenoxy) is 3. The Kier molecular flexibility index (Phi) is 5.91. The highest BCUT2D eigenvalue weighted by Gasteiger charge is 2.49. The Morgan fingerprint density at radius 2 is 1.76 bits per heavy atom. The topological polar surface area (TPSA) is 114 Å². The Bertz CT molecular complexity index is 1150. The maximum absolute atomic E-state index is 13.6. The van der Waals surface area contributed by atoms with Crippen LogP contribution in [-0.2, 0) is 14.3 Å². The number of benzene rings is 2. The van der Waals surface area contributed by atoms with Crippen molar-refractivity contribution in [2.45, 2.75) is 12.6 Å². The third-order valence-electron chi connectivity index (χ3n) is 5.72. The molecule has 0 radical (unpaired) electrons. The molecule has 2 aliphatic heterocycles. The summed E-state index contributed by atoms with van der Waals surface area (Å²) < 4.78 is 15.3. The molecule has 0 aromatic heterocycles. The highest BCUT2D eigenvalue weighted by atomic mass is 16.5. The highest BCUT2D eigenvalue weighted by molar-refractivity contribution is 6.18. The number of nitrogens with one attached hydrogen (secondary N) is 1. The number of hydrogen-bond donors (Lipinski definition) is 1. The minimum Gasteiger partial charge on any atom is -0.493 e. The van der Waals surface area contributed by atoms with Gasteiger partial charge in [-0.2, -0.15) is 0 Å². The number of amides is 3. The number of rotatable bonds is 7. The largest absolute Gasteiger partial charge is 0.493 e. The summed E-state index contributed by atoms with van der Waals surface area (Å²) in [6, 6.07) is 10.2. The van der Waals surface area contributed by atoms with Crippen LogP contribution >= 0.6 is 0 Å².